The highest BCUT2D eigenvalue weighted by molar-refractivity contribution is 5.94. The number of fused-ring (bicyclic) bond motifs is 2. The summed E-state index contributed by atoms with van der Waals surface area (Å²) in [6, 6.07) is 8.04. The van der Waals surface area contributed by atoms with Crippen LogP contribution in [0, 0.1) is 17.3 Å². The van der Waals surface area contributed by atoms with Crippen molar-refractivity contribution in [3.63, 3.8) is 0 Å². The van der Waals surface area contributed by atoms with Crippen molar-refractivity contribution in [3.05, 3.63) is 29.8 Å². The third kappa shape index (κ3) is 2.14. The number of carboxylic acid groups (broad SMARTS) is 1. The van der Waals surface area contributed by atoms with Crippen molar-refractivity contribution in [2.45, 2.75) is 38.0 Å². The van der Waals surface area contributed by atoms with E-state index in [2.05, 4.69) is 0 Å². The lowest BCUT2D eigenvalue weighted by Gasteiger charge is -2.38. The second kappa shape index (κ2) is 5.23. The van der Waals surface area contributed by atoms with Gasteiger partial charge >= 0.3 is 12.0 Å². The maximum absolute atomic E-state index is 13.1. The molecular weight excluding hydrogens is 316 g/mol. The van der Waals surface area contributed by atoms with E-state index in [0.717, 1.165) is 43.6 Å². The van der Waals surface area contributed by atoms with Gasteiger partial charge in [0.05, 0.1) is 5.41 Å². The fourth-order valence-electron chi connectivity index (χ4n) is 5.27. The molecule has 1 saturated heterocycles. The van der Waals surface area contributed by atoms with E-state index in [1.807, 2.05) is 34.1 Å². The number of urea groups is 1. The molecule has 2 aliphatic carbocycles. The topological polar surface area (TPSA) is 60.9 Å². The monoisotopic (exact) mass is 340 g/mol. The van der Waals surface area contributed by atoms with Crippen LogP contribution in [0.1, 0.15) is 43.6 Å². The molecule has 2 aliphatic heterocycles. The summed E-state index contributed by atoms with van der Waals surface area (Å²) in [5.74, 6) is 0.764. The van der Waals surface area contributed by atoms with Gasteiger partial charge in [0.1, 0.15) is 0 Å². The zero-order chi connectivity index (χ0) is 17.2. The van der Waals surface area contributed by atoms with E-state index in [9.17, 15) is 14.7 Å². The molecule has 2 amide bonds. The summed E-state index contributed by atoms with van der Waals surface area (Å²) < 4.78 is 0. The van der Waals surface area contributed by atoms with Crippen LogP contribution in [0.4, 0.5) is 10.5 Å². The SMILES string of the molecule is O=C(N1C[C@H]2CC[C@H]2C1)N1CCC(C2(C(=O)O)CC2)c2ccccc21. The number of likely N-dealkylation sites (tertiary alicyclic amines) is 1. The largest absolute Gasteiger partial charge is 0.481 e. The van der Waals surface area contributed by atoms with Gasteiger partial charge in [-0.1, -0.05) is 18.2 Å². The van der Waals surface area contributed by atoms with Gasteiger partial charge in [0.15, 0.2) is 0 Å². The molecule has 0 aromatic heterocycles. The number of carbonyl (C=O) groups is 2. The van der Waals surface area contributed by atoms with Crippen LogP contribution < -0.4 is 4.90 Å². The quantitative estimate of drug-likeness (QED) is 0.898. The number of aliphatic carboxylic acids is 1. The Morgan fingerprint density at radius 1 is 1.04 bits per heavy atom. The molecule has 132 valence electrons. The molecule has 5 rings (SSSR count). The minimum absolute atomic E-state index is 0.0278. The molecule has 4 aliphatic rings. The molecule has 1 aromatic carbocycles. The predicted octanol–water partition coefficient (Wildman–Crippen LogP) is 3.31. The Kier molecular flexibility index (Phi) is 3.19. The van der Waals surface area contributed by atoms with Crippen molar-refractivity contribution < 1.29 is 14.7 Å². The summed E-state index contributed by atoms with van der Waals surface area (Å²) in [5, 5.41) is 9.71. The lowest BCUT2D eigenvalue weighted by molar-refractivity contribution is -0.144. The lowest BCUT2D eigenvalue weighted by Crippen LogP contribution is -2.46. The first kappa shape index (κ1) is 15.2. The van der Waals surface area contributed by atoms with E-state index < -0.39 is 11.4 Å². The Morgan fingerprint density at radius 3 is 2.32 bits per heavy atom. The van der Waals surface area contributed by atoms with Crippen LogP contribution in [0.2, 0.25) is 0 Å². The van der Waals surface area contributed by atoms with E-state index in [0.29, 0.717) is 18.4 Å². The number of hydrogen-bond donors (Lipinski definition) is 1. The first-order valence-electron chi connectivity index (χ1n) is 9.49. The van der Waals surface area contributed by atoms with Gasteiger partial charge in [0.25, 0.3) is 0 Å². The van der Waals surface area contributed by atoms with Gasteiger partial charge in [-0.2, -0.15) is 0 Å². The summed E-state index contributed by atoms with van der Waals surface area (Å²) in [5.41, 5.74) is 1.37. The van der Waals surface area contributed by atoms with Gasteiger partial charge in [-0.3, -0.25) is 9.69 Å². The Morgan fingerprint density at radius 2 is 1.72 bits per heavy atom. The molecule has 1 N–H and O–H groups in total. The summed E-state index contributed by atoms with van der Waals surface area (Å²) in [6.45, 7) is 2.41. The summed E-state index contributed by atoms with van der Waals surface area (Å²) in [7, 11) is 0. The van der Waals surface area contributed by atoms with E-state index in [-0.39, 0.29) is 11.9 Å². The molecular formula is C20H24N2O3. The first-order chi connectivity index (χ1) is 12.1. The van der Waals surface area contributed by atoms with Gasteiger partial charge in [-0.15, -0.1) is 0 Å². The van der Waals surface area contributed by atoms with Crippen molar-refractivity contribution in [1.29, 1.82) is 0 Å². The Labute approximate surface area is 147 Å². The molecule has 0 bridgehead atoms. The van der Waals surface area contributed by atoms with Gasteiger partial charge in [0.2, 0.25) is 0 Å². The maximum Gasteiger partial charge on any atom is 0.324 e. The average molecular weight is 340 g/mol. The Balaban J connectivity index is 1.44. The lowest BCUT2D eigenvalue weighted by atomic mass is 9.77. The van der Waals surface area contributed by atoms with E-state index in [1.54, 1.807) is 0 Å². The standard InChI is InChI=1S/C20H24N2O3/c23-18(24)20(8-9-20)16-7-10-22(17-4-2-1-3-15(16)17)19(25)21-11-13-5-6-14(13)12-21/h1-4,13-14,16H,5-12H2,(H,23,24)/t13-,14+,16?. The molecule has 2 saturated carbocycles. The average Bonchev–Trinajstić information content (AvgIpc) is 3.36. The molecule has 25 heavy (non-hydrogen) atoms. The van der Waals surface area contributed by atoms with Crippen LogP contribution in [0.5, 0.6) is 0 Å². The minimum atomic E-state index is -0.678. The summed E-state index contributed by atoms with van der Waals surface area (Å²) >= 11 is 0. The number of carbonyl (C=O) groups excluding carboxylic acids is 1. The van der Waals surface area contributed by atoms with Crippen LogP contribution in [-0.2, 0) is 4.79 Å². The predicted molar refractivity (Wildman–Crippen MR) is 93.6 cm³/mol. The normalized spacial score (nSPS) is 31.8. The highest BCUT2D eigenvalue weighted by Gasteiger charge is 2.57. The highest BCUT2D eigenvalue weighted by Crippen LogP contribution is 2.60. The van der Waals surface area contributed by atoms with Crippen molar-refractivity contribution in [3.8, 4) is 0 Å². The molecule has 1 unspecified atom stereocenters. The summed E-state index contributed by atoms with van der Waals surface area (Å²) in [6.07, 6.45) is 4.77. The number of benzene rings is 1. The number of para-hydroxylation sites is 1. The Bertz CT molecular complexity index is 730. The molecule has 0 spiro atoms. The molecule has 5 heteroatoms. The van der Waals surface area contributed by atoms with Crippen LogP contribution in [0.25, 0.3) is 0 Å². The number of carboxylic acids is 1. The molecule has 5 nitrogen and oxygen atoms in total. The maximum atomic E-state index is 13.1. The van der Waals surface area contributed by atoms with Gasteiger partial charge in [0, 0.05) is 31.2 Å². The van der Waals surface area contributed by atoms with Crippen LogP contribution in [0.3, 0.4) is 0 Å². The van der Waals surface area contributed by atoms with Crippen LogP contribution in [-0.4, -0.2) is 41.6 Å². The highest BCUT2D eigenvalue weighted by atomic mass is 16.4. The van der Waals surface area contributed by atoms with Crippen molar-refractivity contribution in [2.75, 3.05) is 24.5 Å². The smallest absolute Gasteiger partial charge is 0.324 e. The number of rotatable bonds is 2. The van der Waals surface area contributed by atoms with Gasteiger partial charge in [-0.05, 0) is 55.6 Å². The van der Waals surface area contributed by atoms with Crippen LogP contribution >= 0.6 is 0 Å². The molecule has 3 atom stereocenters. The fourth-order valence-corrected chi connectivity index (χ4v) is 5.27. The van der Waals surface area contributed by atoms with E-state index in [4.69, 9.17) is 0 Å². The van der Waals surface area contributed by atoms with Crippen molar-refractivity contribution >= 4 is 17.7 Å². The molecule has 2 heterocycles. The number of amides is 2. The minimum Gasteiger partial charge on any atom is -0.481 e. The second-order valence-electron chi connectivity index (χ2n) is 8.30. The fraction of sp³-hybridized carbons (Fsp3) is 0.600. The van der Waals surface area contributed by atoms with Crippen molar-refractivity contribution in [2.24, 2.45) is 17.3 Å². The second-order valence-corrected chi connectivity index (χ2v) is 8.30. The van der Waals surface area contributed by atoms with Crippen LogP contribution in [0.15, 0.2) is 24.3 Å². The van der Waals surface area contributed by atoms with E-state index in [1.165, 1.54) is 12.8 Å². The molecule has 1 aromatic rings. The number of hydrogen-bond acceptors (Lipinski definition) is 2. The third-order valence-corrected chi connectivity index (χ3v) is 7.11. The van der Waals surface area contributed by atoms with Gasteiger partial charge in [-0.25, -0.2) is 4.79 Å². The van der Waals surface area contributed by atoms with Crippen molar-refractivity contribution in [1.82, 2.24) is 4.90 Å². The Hall–Kier alpha value is -2.04. The zero-order valence-electron chi connectivity index (χ0n) is 14.4. The third-order valence-electron chi connectivity index (χ3n) is 7.11. The van der Waals surface area contributed by atoms with E-state index >= 15 is 0 Å². The number of anilines is 1. The molecule has 0 radical (unpaired) electrons. The number of nitrogens with zero attached hydrogens (tertiary/aromatic N) is 2. The summed E-state index contributed by atoms with van der Waals surface area (Å²) in [4.78, 5) is 28.8. The zero-order valence-corrected chi connectivity index (χ0v) is 14.4. The first-order valence-corrected chi connectivity index (χ1v) is 9.49. The van der Waals surface area contributed by atoms with Gasteiger partial charge < -0.3 is 10.0 Å². The molecule has 3 fully saturated rings.